The van der Waals surface area contributed by atoms with Crippen LogP contribution in [0.2, 0.25) is 0 Å². The fourth-order valence-corrected chi connectivity index (χ4v) is 4.77. The molecule has 0 spiro atoms. The van der Waals surface area contributed by atoms with E-state index in [0.717, 1.165) is 31.9 Å². The zero-order valence-corrected chi connectivity index (χ0v) is 20.3. The third kappa shape index (κ3) is 4.31. The second-order valence-electron chi connectivity index (χ2n) is 8.99. The first-order chi connectivity index (χ1) is 17.5. The first-order valence-corrected chi connectivity index (χ1v) is 11.9. The highest BCUT2D eigenvalue weighted by atomic mass is 16.5. The molecule has 0 saturated carbocycles. The third-order valence-electron chi connectivity index (χ3n) is 6.81. The number of piperazine rings is 1. The van der Waals surface area contributed by atoms with Gasteiger partial charge in [-0.1, -0.05) is 12.1 Å². The van der Waals surface area contributed by atoms with Gasteiger partial charge in [0.1, 0.15) is 11.5 Å². The van der Waals surface area contributed by atoms with Crippen molar-refractivity contribution in [1.29, 1.82) is 0 Å². The lowest BCUT2D eigenvalue weighted by Gasteiger charge is -2.34. The zero-order valence-electron chi connectivity index (χ0n) is 20.3. The molecule has 0 aliphatic carbocycles. The van der Waals surface area contributed by atoms with E-state index < -0.39 is 17.7 Å². The van der Waals surface area contributed by atoms with E-state index >= 15 is 0 Å². The maximum absolute atomic E-state index is 13.4. The van der Waals surface area contributed by atoms with Crippen LogP contribution < -0.4 is 14.5 Å². The summed E-state index contributed by atoms with van der Waals surface area (Å²) in [7, 11) is 3.64. The highest BCUT2D eigenvalue weighted by molar-refractivity contribution is 6.51. The number of aliphatic hydroxyl groups excluding tert-OH is 1. The summed E-state index contributed by atoms with van der Waals surface area (Å²) in [5.41, 5.74) is 2.76. The van der Waals surface area contributed by atoms with Gasteiger partial charge in [-0.3, -0.25) is 19.5 Å². The zero-order chi connectivity index (χ0) is 25.2. The molecule has 1 amide bonds. The number of ether oxygens (including phenoxy) is 1. The summed E-state index contributed by atoms with van der Waals surface area (Å²) < 4.78 is 5.27. The van der Waals surface area contributed by atoms with E-state index in [0.29, 0.717) is 22.6 Å². The molecule has 8 heteroatoms. The first-order valence-electron chi connectivity index (χ1n) is 11.9. The van der Waals surface area contributed by atoms with Crippen molar-refractivity contribution >= 4 is 28.8 Å². The number of ketones is 1. The minimum atomic E-state index is -0.798. The summed E-state index contributed by atoms with van der Waals surface area (Å²) in [5, 5.41) is 11.3. The molecule has 2 aromatic carbocycles. The van der Waals surface area contributed by atoms with Crippen molar-refractivity contribution in [3.8, 4) is 5.75 Å². The van der Waals surface area contributed by atoms with Crippen LogP contribution in [0.3, 0.4) is 0 Å². The quantitative estimate of drug-likeness (QED) is 0.337. The number of hydrogen-bond acceptors (Lipinski definition) is 7. The van der Waals surface area contributed by atoms with E-state index in [1.54, 1.807) is 48.8 Å². The van der Waals surface area contributed by atoms with Crippen molar-refractivity contribution < 1.29 is 19.4 Å². The van der Waals surface area contributed by atoms with Gasteiger partial charge in [0, 0.05) is 55.5 Å². The van der Waals surface area contributed by atoms with Gasteiger partial charge in [0.15, 0.2) is 0 Å². The smallest absolute Gasteiger partial charge is 0.300 e. The Morgan fingerprint density at radius 3 is 2.28 bits per heavy atom. The number of methoxy groups -OCH3 is 1. The maximum atomic E-state index is 13.4. The van der Waals surface area contributed by atoms with Crippen molar-refractivity contribution in [1.82, 2.24) is 9.88 Å². The number of nitrogens with zero attached hydrogens (tertiary/aromatic N) is 4. The molecule has 0 radical (unpaired) electrons. The minimum Gasteiger partial charge on any atom is -0.507 e. The number of hydrogen-bond donors (Lipinski definition) is 1. The summed E-state index contributed by atoms with van der Waals surface area (Å²) in [6.45, 7) is 3.83. The normalized spacial score (nSPS) is 20.1. The largest absolute Gasteiger partial charge is 0.507 e. The van der Waals surface area contributed by atoms with Crippen molar-refractivity contribution in [3.63, 3.8) is 0 Å². The Bertz CT molecular complexity index is 1300. The molecule has 2 saturated heterocycles. The molecule has 1 atom stereocenters. The molecule has 1 N–H and O–H groups in total. The molecule has 1 unspecified atom stereocenters. The number of anilines is 2. The lowest BCUT2D eigenvalue weighted by atomic mass is 9.95. The number of Topliss-reactive ketones (excluding diaryl/α,β-unsaturated/α-hetero) is 1. The van der Waals surface area contributed by atoms with Crippen molar-refractivity contribution in [2.75, 3.05) is 50.1 Å². The van der Waals surface area contributed by atoms with Crippen LogP contribution in [0.1, 0.15) is 17.2 Å². The van der Waals surface area contributed by atoms with Gasteiger partial charge in [-0.25, -0.2) is 0 Å². The fourth-order valence-electron chi connectivity index (χ4n) is 4.77. The van der Waals surface area contributed by atoms with Gasteiger partial charge in [-0.05, 0) is 61.1 Å². The number of carbonyl (C=O) groups excluding carboxylic acids is 2. The Morgan fingerprint density at radius 1 is 0.944 bits per heavy atom. The molecule has 184 valence electrons. The van der Waals surface area contributed by atoms with Gasteiger partial charge in [-0.15, -0.1) is 0 Å². The molecule has 1 aromatic heterocycles. The van der Waals surface area contributed by atoms with Crippen LogP contribution in [0, 0.1) is 0 Å². The summed E-state index contributed by atoms with van der Waals surface area (Å²) in [6.07, 6.45) is 3.22. The van der Waals surface area contributed by atoms with Gasteiger partial charge >= 0.3 is 0 Å². The topological polar surface area (TPSA) is 86.2 Å². The molecule has 2 fully saturated rings. The predicted molar refractivity (Wildman–Crippen MR) is 138 cm³/mol. The fraction of sp³-hybridized carbons (Fsp3) is 0.250. The third-order valence-corrected chi connectivity index (χ3v) is 6.81. The Labute approximate surface area is 210 Å². The minimum absolute atomic E-state index is 0.0302. The average Bonchev–Trinajstić information content (AvgIpc) is 3.19. The second kappa shape index (κ2) is 9.83. The Hall–Kier alpha value is -4.17. The van der Waals surface area contributed by atoms with Gasteiger partial charge in [0.25, 0.3) is 11.7 Å². The van der Waals surface area contributed by atoms with Crippen LogP contribution in [0.4, 0.5) is 11.4 Å². The number of aliphatic hydroxyl groups is 1. The predicted octanol–water partition coefficient (Wildman–Crippen LogP) is 3.47. The lowest BCUT2D eigenvalue weighted by molar-refractivity contribution is -0.132. The van der Waals surface area contributed by atoms with E-state index in [4.69, 9.17) is 4.74 Å². The molecule has 8 nitrogen and oxygen atoms in total. The summed E-state index contributed by atoms with van der Waals surface area (Å²) >= 11 is 0. The molecular formula is C28H28N4O4. The van der Waals surface area contributed by atoms with Crippen molar-refractivity contribution in [3.05, 3.63) is 89.8 Å². The van der Waals surface area contributed by atoms with E-state index in [-0.39, 0.29) is 11.3 Å². The van der Waals surface area contributed by atoms with Gasteiger partial charge in [-0.2, -0.15) is 0 Å². The van der Waals surface area contributed by atoms with Crippen LogP contribution in [0.25, 0.3) is 5.76 Å². The lowest BCUT2D eigenvalue weighted by Crippen LogP contribution is -2.44. The molecule has 3 heterocycles. The number of pyridine rings is 1. The molecule has 0 bridgehead atoms. The van der Waals surface area contributed by atoms with Gasteiger partial charge < -0.3 is 19.6 Å². The van der Waals surface area contributed by atoms with Crippen LogP contribution in [0.5, 0.6) is 5.75 Å². The number of carbonyl (C=O) groups is 2. The number of rotatable bonds is 5. The highest BCUT2D eigenvalue weighted by Crippen LogP contribution is 2.42. The summed E-state index contributed by atoms with van der Waals surface area (Å²) in [5.74, 6) is -1.13. The SMILES string of the molecule is COc1cccc(/C(O)=C2\C(=O)C(=O)N(c3ccc(N4CCN(C)CC4)cc3)C2c2ccncc2)c1. The number of benzene rings is 2. The Balaban J connectivity index is 1.57. The van der Waals surface area contributed by atoms with Crippen LogP contribution in [-0.4, -0.2) is 67.0 Å². The Morgan fingerprint density at radius 2 is 1.61 bits per heavy atom. The standard InChI is InChI=1S/C28H28N4O4/c1-30-14-16-31(17-15-30)21-6-8-22(9-7-21)32-25(19-10-12-29-13-11-19)24(27(34)28(32)35)26(33)20-4-3-5-23(18-20)36-2/h3-13,18,25,33H,14-17H2,1-2H3/b26-24+. The van der Waals surface area contributed by atoms with E-state index in [1.807, 2.05) is 24.3 Å². The highest BCUT2D eigenvalue weighted by Gasteiger charge is 2.47. The number of aromatic nitrogens is 1. The van der Waals surface area contributed by atoms with Gasteiger partial charge in [0.2, 0.25) is 0 Å². The molecule has 5 rings (SSSR count). The number of likely N-dealkylation sites (N-methyl/N-ethyl adjacent to an activating group) is 1. The van der Waals surface area contributed by atoms with Crippen LogP contribution in [-0.2, 0) is 9.59 Å². The molecule has 36 heavy (non-hydrogen) atoms. The molecular weight excluding hydrogens is 456 g/mol. The monoisotopic (exact) mass is 484 g/mol. The maximum Gasteiger partial charge on any atom is 0.300 e. The summed E-state index contributed by atoms with van der Waals surface area (Å²) in [4.78, 5) is 36.8. The first kappa shape index (κ1) is 23.6. The van der Waals surface area contributed by atoms with Crippen molar-refractivity contribution in [2.45, 2.75) is 6.04 Å². The van der Waals surface area contributed by atoms with E-state index in [9.17, 15) is 14.7 Å². The van der Waals surface area contributed by atoms with E-state index in [2.05, 4.69) is 21.8 Å². The Kier molecular flexibility index (Phi) is 6.43. The molecule has 2 aliphatic rings. The average molecular weight is 485 g/mol. The van der Waals surface area contributed by atoms with Gasteiger partial charge in [0.05, 0.1) is 18.7 Å². The van der Waals surface area contributed by atoms with Crippen LogP contribution in [0.15, 0.2) is 78.6 Å². The number of amides is 1. The van der Waals surface area contributed by atoms with E-state index in [1.165, 1.54) is 12.0 Å². The van der Waals surface area contributed by atoms with Crippen molar-refractivity contribution in [2.24, 2.45) is 0 Å². The van der Waals surface area contributed by atoms with Crippen LogP contribution >= 0.6 is 0 Å². The molecule has 3 aromatic rings. The molecule has 2 aliphatic heterocycles. The summed E-state index contributed by atoms with van der Waals surface area (Å²) in [6, 6.07) is 17.2. The second-order valence-corrected chi connectivity index (χ2v) is 8.99.